The lowest BCUT2D eigenvalue weighted by Crippen LogP contribution is -2.27. The van der Waals surface area contributed by atoms with E-state index in [0.717, 1.165) is 16.4 Å². The number of thiophene rings is 1. The van der Waals surface area contributed by atoms with E-state index in [4.69, 9.17) is 4.74 Å². The average Bonchev–Trinajstić information content (AvgIpc) is 2.65. The number of nitrogens with one attached hydrogen (secondary N) is 1. The van der Waals surface area contributed by atoms with Crippen LogP contribution in [0.5, 0.6) is 0 Å². The summed E-state index contributed by atoms with van der Waals surface area (Å²) in [5, 5.41) is 3.51. The van der Waals surface area contributed by atoms with Crippen LogP contribution in [0.1, 0.15) is 30.4 Å². The van der Waals surface area contributed by atoms with E-state index < -0.39 is 11.7 Å². The highest BCUT2D eigenvalue weighted by molar-refractivity contribution is 7.21. The molecular weight excluding hydrogens is 262 g/mol. The van der Waals surface area contributed by atoms with Crippen LogP contribution in [0.25, 0.3) is 10.1 Å². The molecule has 19 heavy (non-hydrogen) atoms. The first kappa shape index (κ1) is 13.5. The third-order valence-corrected chi connectivity index (χ3v) is 3.45. The first-order valence-electron chi connectivity index (χ1n) is 5.87. The molecule has 0 saturated heterocycles. The predicted molar refractivity (Wildman–Crippen MR) is 77.1 cm³/mol. The van der Waals surface area contributed by atoms with Gasteiger partial charge in [0.25, 0.3) is 0 Å². The Kier molecular flexibility index (Phi) is 3.57. The number of anilines is 1. The molecule has 2 aromatic rings. The third-order valence-electron chi connectivity index (χ3n) is 2.36. The summed E-state index contributed by atoms with van der Waals surface area (Å²) in [5.41, 5.74) is -0.0538. The molecule has 0 radical (unpaired) electrons. The van der Waals surface area contributed by atoms with E-state index in [1.807, 2.05) is 24.3 Å². The van der Waals surface area contributed by atoms with Gasteiger partial charge >= 0.3 is 6.09 Å². The van der Waals surface area contributed by atoms with Gasteiger partial charge in [0.15, 0.2) is 6.29 Å². The maximum absolute atomic E-state index is 11.8. The highest BCUT2D eigenvalue weighted by atomic mass is 32.1. The molecule has 0 unspecified atom stereocenters. The lowest BCUT2D eigenvalue weighted by atomic mass is 10.2. The Morgan fingerprint density at radius 1 is 1.32 bits per heavy atom. The number of fused-ring (bicyclic) bond motifs is 1. The number of hydrogen-bond acceptors (Lipinski definition) is 4. The van der Waals surface area contributed by atoms with Gasteiger partial charge in [-0.3, -0.25) is 10.1 Å². The fourth-order valence-electron chi connectivity index (χ4n) is 1.68. The summed E-state index contributed by atoms with van der Waals surface area (Å²) in [6.45, 7) is 5.37. The van der Waals surface area contributed by atoms with Crippen LogP contribution in [0, 0.1) is 0 Å². The quantitative estimate of drug-likeness (QED) is 0.842. The first-order chi connectivity index (χ1) is 8.90. The lowest BCUT2D eigenvalue weighted by Gasteiger charge is -2.19. The Morgan fingerprint density at radius 2 is 2.00 bits per heavy atom. The number of benzene rings is 1. The molecule has 0 fully saturated rings. The Hall–Kier alpha value is -1.88. The minimum atomic E-state index is -0.572. The van der Waals surface area contributed by atoms with Crippen LogP contribution in [0.15, 0.2) is 24.3 Å². The van der Waals surface area contributed by atoms with Crippen molar-refractivity contribution in [3.63, 3.8) is 0 Å². The second-order valence-electron chi connectivity index (χ2n) is 5.08. The fourth-order valence-corrected chi connectivity index (χ4v) is 2.66. The van der Waals surface area contributed by atoms with Crippen molar-refractivity contribution in [1.82, 2.24) is 0 Å². The van der Waals surface area contributed by atoms with Crippen molar-refractivity contribution in [2.45, 2.75) is 26.4 Å². The maximum Gasteiger partial charge on any atom is 0.412 e. The summed E-state index contributed by atoms with van der Waals surface area (Å²) in [4.78, 5) is 23.4. The number of ether oxygens (including phenoxy) is 1. The van der Waals surface area contributed by atoms with Gasteiger partial charge < -0.3 is 4.74 Å². The van der Waals surface area contributed by atoms with E-state index in [0.29, 0.717) is 10.6 Å². The van der Waals surface area contributed by atoms with Crippen LogP contribution in [0.4, 0.5) is 10.5 Å². The predicted octanol–water partition coefficient (Wildman–Crippen LogP) is 4.06. The summed E-state index contributed by atoms with van der Waals surface area (Å²) < 4.78 is 6.15. The highest BCUT2D eigenvalue weighted by Gasteiger charge is 2.19. The van der Waals surface area contributed by atoms with Crippen LogP contribution in [-0.2, 0) is 4.74 Å². The number of aldehydes is 1. The lowest BCUT2D eigenvalue weighted by molar-refractivity contribution is 0.0636. The fraction of sp³-hybridized carbons (Fsp3) is 0.286. The zero-order valence-corrected chi connectivity index (χ0v) is 11.8. The second kappa shape index (κ2) is 5.01. The van der Waals surface area contributed by atoms with Gasteiger partial charge in [0, 0.05) is 10.1 Å². The van der Waals surface area contributed by atoms with Gasteiger partial charge in [-0.05, 0) is 26.8 Å². The maximum atomic E-state index is 11.8. The van der Waals surface area contributed by atoms with Gasteiger partial charge in [0.05, 0.1) is 10.6 Å². The molecule has 2 rings (SSSR count). The number of carbonyl (C=O) groups is 2. The van der Waals surface area contributed by atoms with E-state index in [2.05, 4.69) is 5.32 Å². The van der Waals surface area contributed by atoms with Crippen molar-refractivity contribution in [3.8, 4) is 0 Å². The van der Waals surface area contributed by atoms with Crippen molar-refractivity contribution < 1.29 is 14.3 Å². The number of amides is 1. The molecule has 1 aromatic heterocycles. The highest BCUT2D eigenvalue weighted by Crippen LogP contribution is 2.34. The summed E-state index contributed by atoms with van der Waals surface area (Å²) in [7, 11) is 0. The molecule has 0 saturated carbocycles. The number of hydrogen-bond donors (Lipinski definition) is 1. The second-order valence-corrected chi connectivity index (χ2v) is 6.17. The molecule has 0 spiro atoms. The average molecular weight is 277 g/mol. The summed E-state index contributed by atoms with van der Waals surface area (Å²) >= 11 is 1.35. The molecule has 0 aliphatic carbocycles. The van der Waals surface area contributed by atoms with E-state index in [1.54, 1.807) is 20.8 Å². The van der Waals surface area contributed by atoms with E-state index in [1.165, 1.54) is 11.3 Å². The number of carbonyl (C=O) groups excluding carboxylic acids is 2. The van der Waals surface area contributed by atoms with Crippen LogP contribution >= 0.6 is 11.3 Å². The Balaban J connectivity index is 2.34. The summed E-state index contributed by atoms with van der Waals surface area (Å²) in [6, 6.07) is 7.54. The zero-order valence-electron chi connectivity index (χ0n) is 11.0. The van der Waals surface area contributed by atoms with Gasteiger partial charge in [0.2, 0.25) is 0 Å². The van der Waals surface area contributed by atoms with E-state index >= 15 is 0 Å². The normalized spacial score (nSPS) is 11.3. The number of rotatable bonds is 2. The topological polar surface area (TPSA) is 55.4 Å². The molecule has 1 amide bonds. The molecule has 0 aliphatic heterocycles. The minimum absolute atomic E-state index is 0.493. The standard InChI is InChI=1S/C14H15NO3S/c1-14(2,3)18-13(17)15-12-9-6-4-5-7-10(9)19-11(12)8-16/h4-8H,1-3H3,(H,15,17). The molecule has 0 aliphatic rings. The van der Waals surface area contributed by atoms with Crippen LogP contribution in [0.2, 0.25) is 0 Å². The van der Waals surface area contributed by atoms with Gasteiger partial charge in [-0.1, -0.05) is 18.2 Å². The Labute approximate surface area is 115 Å². The zero-order chi connectivity index (χ0) is 14.0. The smallest absolute Gasteiger partial charge is 0.412 e. The van der Waals surface area contributed by atoms with Crippen LogP contribution < -0.4 is 5.32 Å². The largest absolute Gasteiger partial charge is 0.444 e. The van der Waals surface area contributed by atoms with Crippen molar-refractivity contribution in [1.29, 1.82) is 0 Å². The molecule has 4 nitrogen and oxygen atoms in total. The van der Waals surface area contributed by atoms with Crippen molar-refractivity contribution >= 4 is 39.5 Å². The van der Waals surface area contributed by atoms with Gasteiger partial charge in [-0.25, -0.2) is 4.79 Å². The Bertz CT molecular complexity index is 625. The van der Waals surface area contributed by atoms with Gasteiger partial charge in [-0.2, -0.15) is 0 Å². The van der Waals surface area contributed by atoms with E-state index in [-0.39, 0.29) is 0 Å². The monoisotopic (exact) mass is 277 g/mol. The van der Waals surface area contributed by atoms with Crippen LogP contribution in [-0.4, -0.2) is 18.0 Å². The van der Waals surface area contributed by atoms with Gasteiger partial charge in [0.1, 0.15) is 5.60 Å². The molecule has 1 heterocycles. The van der Waals surface area contributed by atoms with Crippen molar-refractivity contribution in [2.24, 2.45) is 0 Å². The minimum Gasteiger partial charge on any atom is -0.444 e. The summed E-state index contributed by atoms with van der Waals surface area (Å²) in [5.74, 6) is 0. The molecule has 1 aromatic carbocycles. The molecule has 5 heteroatoms. The van der Waals surface area contributed by atoms with Crippen LogP contribution in [0.3, 0.4) is 0 Å². The van der Waals surface area contributed by atoms with Crippen molar-refractivity contribution in [3.05, 3.63) is 29.1 Å². The summed E-state index contributed by atoms with van der Waals surface area (Å²) in [6.07, 6.45) is 0.191. The first-order valence-corrected chi connectivity index (χ1v) is 6.69. The van der Waals surface area contributed by atoms with Crippen molar-refractivity contribution in [2.75, 3.05) is 5.32 Å². The molecular formula is C14H15NO3S. The van der Waals surface area contributed by atoms with E-state index in [9.17, 15) is 9.59 Å². The third kappa shape index (κ3) is 3.12. The van der Waals surface area contributed by atoms with Gasteiger partial charge in [-0.15, -0.1) is 11.3 Å². The molecule has 0 atom stereocenters. The molecule has 1 N–H and O–H groups in total. The SMILES string of the molecule is CC(C)(C)OC(=O)Nc1c(C=O)sc2ccccc12. The Morgan fingerprint density at radius 3 is 2.63 bits per heavy atom. The molecule has 0 bridgehead atoms. The molecule has 100 valence electrons.